The summed E-state index contributed by atoms with van der Waals surface area (Å²) in [6, 6.07) is 9.85. The SMILES string of the molecule is C[C@H]1CN(C(=O)c2nc(-c3ccccc3)cs2)CC[S@](=O)C1. The molecule has 3 rings (SSSR count). The highest BCUT2D eigenvalue weighted by molar-refractivity contribution is 7.85. The van der Waals surface area contributed by atoms with E-state index in [2.05, 4.69) is 4.98 Å². The Morgan fingerprint density at radius 1 is 1.36 bits per heavy atom. The van der Waals surface area contributed by atoms with E-state index < -0.39 is 10.8 Å². The van der Waals surface area contributed by atoms with Gasteiger partial charge in [-0.25, -0.2) is 4.98 Å². The molecule has 1 saturated heterocycles. The highest BCUT2D eigenvalue weighted by Crippen LogP contribution is 2.23. The largest absolute Gasteiger partial charge is 0.335 e. The lowest BCUT2D eigenvalue weighted by atomic mass is 10.2. The van der Waals surface area contributed by atoms with E-state index in [-0.39, 0.29) is 11.8 Å². The lowest BCUT2D eigenvalue weighted by Gasteiger charge is -2.20. The van der Waals surface area contributed by atoms with Crippen LogP contribution in [0.1, 0.15) is 16.7 Å². The van der Waals surface area contributed by atoms with Gasteiger partial charge in [0, 0.05) is 46.3 Å². The molecule has 0 bridgehead atoms. The van der Waals surface area contributed by atoms with Crippen molar-refractivity contribution in [2.75, 3.05) is 24.6 Å². The zero-order valence-corrected chi connectivity index (χ0v) is 14.0. The minimum absolute atomic E-state index is 0.0436. The topological polar surface area (TPSA) is 50.3 Å². The quantitative estimate of drug-likeness (QED) is 0.848. The van der Waals surface area contributed by atoms with Crippen molar-refractivity contribution in [3.05, 3.63) is 40.7 Å². The van der Waals surface area contributed by atoms with Crippen LogP contribution in [0.2, 0.25) is 0 Å². The number of benzene rings is 1. The third kappa shape index (κ3) is 3.44. The molecule has 1 fully saturated rings. The van der Waals surface area contributed by atoms with Gasteiger partial charge in [-0.1, -0.05) is 37.3 Å². The molecule has 1 aliphatic rings. The van der Waals surface area contributed by atoms with Gasteiger partial charge >= 0.3 is 0 Å². The molecule has 0 radical (unpaired) electrons. The van der Waals surface area contributed by atoms with Gasteiger partial charge in [0.25, 0.3) is 5.91 Å². The van der Waals surface area contributed by atoms with Crippen LogP contribution in [0.15, 0.2) is 35.7 Å². The van der Waals surface area contributed by atoms with Gasteiger partial charge in [-0.3, -0.25) is 9.00 Å². The Morgan fingerprint density at radius 2 is 2.14 bits per heavy atom. The molecule has 0 aliphatic carbocycles. The first-order valence-electron chi connectivity index (χ1n) is 7.28. The summed E-state index contributed by atoms with van der Waals surface area (Å²) in [5.41, 5.74) is 1.85. The van der Waals surface area contributed by atoms with Crippen molar-refractivity contribution in [1.29, 1.82) is 0 Å². The van der Waals surface area contributed by atoms with Crippen LogP contribution in [0.25, 0.3) is 11.3 Å². The van der Waals surface area contributed by atoms with E-state index in [1.54, 1.807) is 4.90 Å². The van der Waals surface area contributed by atoms with Gasteiger partial charge in [0.2, 0.25) is 0 Å². The molecule has 2 aromatic rings. The predicted octanol–water partition coefficient (Wildman–Crippen LogP) is 2.65. The summed E-state index contributed by atoms with van der Waals surface area (Å²) < 4.78 is 11.7. The first-order valence-corrected chi connectivity index (χ1v) is 9.65. The molecule has 6 heteroatoms. The molecular formula is C16H18N2O2S2. The molecule has 0 saturated carbocycles. The lowest BCUT2D eigenvalue weighted by molar-refractivity contribution is 0.0751. The van der Waals surface area contributed by atoms with Crippen LogP contribution in [0, 0.1) is 5.92 Å². The molecule has 0 spiro atoms. The number of aromatic nitrogens is 1. The van der Waals surface area contributed by atoms with Crippen molar-refractivity contribution in [2.24, 2.45) is 5.92 Å². The maximum atomic E-state index is 12.6. The van der Waals surface area contributed by atoms with E-state index in [4.69, 9.17) is 0 Å². The molecule has 0 unspecified atom stereocenters. The van der Waals surface area contributed by atoms with Crippen LogP contribution < -0.4 is 0 Å². The zero-order valence-electron chi connectivity index (χ0n) is 12.4. The molecule has 2 atom stereocenters. The fraction of sp³-hybridized carbons (Fsp3) is 0.375. The van der Waals surface area contributed by atoms with E-state index in [0.717, 1.165) is 11.3 Å². The number of rotatable bonds is 2. The Hall–Kier alpha value is -1.53. The molecule has 1 aromatic carbocycles. The first kappa shape index (κ1) is 15.4. The molecule has 22 heavy (non-hydrogen) atoms. The van der Waals surface area contributed by atoms with E-state index in [1.165, 1.54) is 11.3 Å². The van der Waals surface area contributed by atoms with Gasteiger partial charge in [-0.2, -0.15) is 0 Å². The zero-order chi connectivity index (χ0) is 15.5. The predicted molar refractivity (Wildman–Crippen MR) is 90.5 cm³/mol. The number of hydrogen-bond donors (Lipinski definition) is 0. The Kier molecular flexibility index (Phi) is 4.69. The number of nitrogens with zero attached hydrogens (tertiary/aromatic N) is 2. The van der Waals surface area contributed by atoms with Crippen LogP contribution >= 0.6 is 11.3 Å². The number of amides is 1. The minimum atomic E-state index is -0.817. The van der Waals surface area contributed by atoms with Crippen LogP contribution in [0.5, 0.6) is 0 Å². The monoisotopic (exact) mass is 334 g/mol. The lowest BCUT2D eigenvalue weighted by Crippen LogP contribution is -2.35. The maximum Gasteiger partial charge on any atom is 0.282 e. The van der Waals surface area contributed by atoms with Gasteiger partial charge in [0.1, 0.15) is 0 Å². The van der Waals surface area contributed by atoms with Gasteiger partial charge in [-0.05, 0) is 5.92 Å². The van der Waals surface area contributed by atoms with E-state index in [0.29, 0.717) is 29.6 Å². The molecule has 1 aliphatic heterocycles. The summed E-state index contributed by atoms with van der Waals surface area (Å²) >= 11 is 1.38. The first-order chi connectivity index (χ1) is 10.6. The van der Waals surface area contributed by atoms with Crippen molar-refractivity contribution in [3.63, 3.8) is 0 Å². The van der Waals surface area contributed by atoms with Gasteiger partial charge in [0.05, 0.1) is 5.69 Å². The maximum absolute atomic E-state index is 12.6. The molecule has 1 aromatic heterocycles. The summed E-state index contributed by atoms with van der Waals surface area (Å²) in [7, 11) is -0.817. The van der Waals surface area contributed by atoms with E-state index in [1.807, 2.05) is 42.6 Å². The second-order valence-electron chi connectivity index (χ2n) is 5.57. The molecule has 2 heterocycles. The molecular weight excluding hydrogens is 316 g/mol. The molecule has 0 N–H and O–H groups in total. The average molecular weight is 334 g/mol. The standard InChI is InChI=1S/C16H18N2O2S2/c1-12-9-18(7-8-22(20)11-12)16(19)15-17-14(10-21-15)13-5-3-2-4-6-13/h2-6,10,12H,7-9,11H2,1H3/t12-,22-/m0/s1. The second kappa shape index (κ2) is 6.71. The number of carbonyl (C=O) groups excluding carboxylic acids is 1. The Morgan fingerprint density at radius 3 is 2.91 bits per heavy atom. The highest BCUT2D eigenvalue weighted by atomic mass is 32.2. The smallest absolute Gasteiger partial charge is 0.282 e. The van der Waals surface area contributed by atoms with Crippen molar-refractivity contribution in [3.8, 4) is 11.3 Å². The summed E-state index contributed by atoms with van der Waals surface area (Å²) in [4.78, 5) is 18.9. The van der Waals surface area contributed by atoms with Crippen LogP contribution in [-0.2, 0) is 10.8 Å². The summed E-state index contributed by atoms with van der Waals surface area (Å²) in [5, 5.41) is 2.43. The summed E-state index contributed by atoms with van der Waals surface area (Å²) in [5.74, 6) is 1.46. The summed E-state index contributed by atoms with van der Waals surface area (Å²) in [6.45, 7) is 3.25. The molecule has 116 valence electrons. The molecule has 4 nitrogen and oxygen atoms in total. The van der Waals surface area contributed by atoms with Crippen molar-refractivity contribution >= 4 is 28.0 Å². The normalized spacial score (nSPS) is 22.3. The highest BCUT2D eigenvalue weighted by Gasteiger charge is 2.25. The van der Waals surface area contributed by atoms with Gasteiger partial charge < -0.3 is 4.90 Å². The second-order valence-corrected chi connectivity index (χ2v) is 8.05. The third-order valence-electron chi connectivity index (χ3n) is 3.64. The Labute approximate surface area is 136 Å². The molecule has 1 amide bonds. The Balaban J connectivity index is 1.78. The van der Waals surface area contributed by atoms with Crippen LogP contribution in [-0.4, -0.2) is 44.6 Å². The van der Waals surface area contributed by atoms with Gasteiger partial charge in [0.15, 0.2) is 5.01 Å². The minimum Gasteiger partial charge on any atom is -0.335 e. The van der Waals surface area contributed by atoms with Crippen molar-refractivity contribution in [1.82, 2.24) is 9.88 Å². The summed E-state index contributed by atoms with van der Waals surface area (Å²) in [6.07, 6.45) is 0. The van der Waals surface area contributed by atoms with E-state index in [9.17, 15) is 9.00 Å². The van der Waals surface area contributed by atoms with Crippen LogP contribution in [0.4, 0.5) is 0 Å². The van der Waals surface area contributed by atoms with Crippen molar-refractivity contribution in [2.45, 2.75) is 6.92 Å². The third-order valence-corrected chi connectivity index (χ3v) is 6.04. The van der Waals surface area contributed by atoms with Crippen molar-refractivity contribution < 1.29 is 9.00 Å². The number of hydrogen-bond acceptors (Lipinski definition) is 4. The van der Waals surface area contributed by atoms with Crippen LogP contribution in [0.3, 0.4) is 0 Å². The Bertz CT molecular complexity index is 684. The van der Waals surface area contributed by atoms with Gasteiger partial charge in [-0.15, -0.1) is 11.3 Å². The fourth-order valence-corrected chi connectivity index (χ4v) is 4.69. The number of thiazole rings is 1. The average Bonchev–Trinajstić information content (AvgIpc) is 2.94. The van der Waals surface area contributed by atoms with E-state index >= 15 is 0 Å². The fourth-order valence-electron chi connectivity index (χ4n) is 2.57. The number of carbonyl (C=O) groups is 1.